The van der Waals surface area contributed by atoms with E-state index in [1.165, 1.54) is 4.31 Å². The van der Waals surface area contributed by atoms with E-state index in [0.29, 0.717) is 13.1 Å². The molecular weight excluding hydrogens is 379 g/mol. The van der Waals surface area contributed by atoms with Crippen LogP contribution >= 0.6 is 24.0 Å². The molecule has 8 heteroatoms. The van der Waals surface area contributed by atoms with E-state index in [-0.39, 0.29) is 29.7 Å². The van der Waals surface area contributed by atoms with Gasteiger partial charge in [0.2, 0.25) is 10.0 Å². The van der Waals surface area contributed by atoms with Crippen LogP contribution in [0.4, 0.5) is 0 Å². The van der Waals surface area contributed by atoms with Crippen LogP contribution in [0.5, 0.6) is 0 Å². The van der Waals surface area contributed by atoms with Gasteiger partial charge in [0.1, 0.15) is 0 Å². The molecule has 0 saturated heterocycles. The molecule has 116 valence electrons. The third kappa shape index (κ3) is 9.44. The van der Waals surface area contributed by atoms with Crippen molar-refractivity contribution in [1.82, 2.24) is 14.9 Å². The van der Waals surface area contributed by atoms with Crippen LogP contribution in [-0.2, 0) is 10.0 Å². The first-order chi connectivity index (χ1) is 8.47. The van der Waals surface area contributed by atoms with Gasteiger partial charge in [-0.25, -0.2) is 12.7 Å². The van der Waals surface area contributed by atoms with Crippen molar-refractivity contribution >= 4 is 40.0 Å². The molecule has 0 bridgehead atoms. The third-order valence-electron chi connectivity index (χ3n) is 2.43. The van der Waals surface area contributed by atoms with E-state index in [1.54, 1.807) is 14.0 Å². The molecule has 0 saturated carbocycles. The van der Waals surface area contributed by atoms with Gasteiger partial charge in [0.05, 0.1) is 5.75 Å². The van der Waals surface area contributed by atoms with Gasteiger partial charge in [-0.05, 0) is 27.2 Å². The highest BCUT2D eigenvalue weighted by molar-refractivity contribution is 14.0. The van der Waals surface area contributed by atoms with Gasteiger partial charge < -0.3 is 10.6 Å². The summed E-state index contributed by atoms with van der Waals surface area (Å²) in [6.07, 6.45) is 0.718. The topological polar surface area (TPSA) is 73.8 Å². The molecule has 0 aromatic carbocycles. The molecule has 0 heterocycles. The first kappa shape index (κ1) is 21.2. The van der Waals surface area contributed by atoms with E-state index in [0.717, 1.165) is 25.5 Å². The summed E-state index contributed by atoms with van der Waals surface area (Å²) >= 11 is 0. The predicted molar refractivity (Wildman–Crippen MR) is 91.8 cm³/mol. The van der Waals surface area contributed by atoms with Crippen molar-refractivity contribution in [3.05, 3.63) is 0 Å². The Morgan fingerprint density at radius 3 is 2.11 bits per heavy atom. The van der Waals surface area contributed by atoms with E-state index >= 15 is 0 Å². The SMILES string of the molecule is CCNC(=NCCCN(C)S(=O)(=O)CC)NCC.I. The lowest BCUT2D eigenvalue weighted by molar-refractivity contribution is 0.465. The van der Waals surface area contributed by atoms with Gasteiger partial charge in [-0.15, -0.1) is 24.0 Å². The zero-order chi connectivity index (χ0) is 14.0. The number of halogens is 1. The minimum Gasteiger partial charge on any atom is -0.357 e. The summed E-state index contributed by atoms with van der Waals surface area (Å²) in [7, 11) is -1.46. The number of nitrogens with zero attached hydrogens (tertiary/aromatic N) is 2. The maximum Gasteiger partial charge on any atom is 0.213 e. The Labute approximate surface area is 134 Å². The van der Waals surface area contributed by atoms with Crippen molar-refractivity contribution in [2.75, 3.05) is 39.0 Å². The molecule has 0 aliphatic heterocycles. The van der Waals surface area contributed by atoms with Crippen LogP contribution < -0.4 is 10.6 Å². The fraction of sp³-hybridized carbons (Fsp3) is 0.909. The van der Waals surface area contributed by atoms with Gasteiger partial charge >= 0.3 is 0 Å². The molecule has 0 rings (SSSR count). The molecule has 0 aromatic heterocycles. The fourth-order valence-electron chi connectivity index (χ4n) is 1.35. The standard InChI is InChI=1S/C11H26N4O2S.HI/c1-5-12-11(13-6-2)14-9-8-10-15(4)18(16,17)7-3;/h5-10H2,1-4H3,(H2,12,13,14);1H. The highest BCUT2D eigenvalue weighted by Gasteiger charge is 2.13. The number of sulfonamides is 1. The fourth-order valence-corrected chi connectivity index (χ4v) is 2.20. The number of hydrogen-bond acceptors (Lipinski definition) is 3. The van der Waals surface area contributed by atoms with E-state index in [1.807, 2.05) is 13.8 Å². The van der Waals surface area contributed by atoms with Crippen molar-refractivity contribution < 1.29 is 8.42 Å². The van der Waals surface area contributed by atoms with Crippen molar-refractivity contribution in [3.8, 4) is 0 Å². The highest BCUT2D eigenvalue weighted by atomic mass is 127. The first-order valence-electron chi connectivity index (χ1n) is 6.44. The lowest BCUT2D eigenvalue weighted by atomic mass is 10.4. The predicted octanol–water partition coefficient (Wildman–Crippen LogP) is 0.851. The molecular formula is C11H27IN4O2S. The summed E-state index contributed by atoms with van der Waals surface area (Å²) in [5, 5.41) is 6.24. The van der Waals surface area contributed by atoms with Gasteiger partial charge in [0.25, 0.3) is 0 Å². The quantitative estimate of drug-likeness (QED) is 0.271. The van der Waals surface area contributed by atoms with Crippen LogP contribution in [0.25, 0.3) is 0 Å². The molecule has 0 aliphatic rings. The Bertz CT molecular complexity index is 339. The maximum atomic E-state index is 11.5. The van der Waals surface area contributed by atoms with Gasteiger partial charge in [-0.3, -0.25) is 4.99 Å². The Balaban J connectivity index is 0. The Morgan fingerprint density at radius 1 is 1.16 bits per heavy atom. The van der Waals surface area contributed by atoms with Crippen molar-refractivity contribution in [1.29, 1.82) is 0 Å². The average molecular weight is 406 g/mol. The smallest absolute Gasteiger partial charge is 0.213 e. The molecule has 6 nitrogen and oxygen atoms in total. The molecule has 0 amide bonds. The van der Waals surface area contributed by atoms with Crippen LogP contribution in [0.2, 0.25) is 0 Å². The monoisotopic (exact) mass is 406 g/mol. The number of hydrogen-bond donors (Lipinski definition) is 2. The Kier molecular flexibility index (Phi) is 13.1. The van der Waals surface area contributed by atoms with Crippen LogP contribution in [-0.4, -0.2) is 57.7 Å². The number of nitrogens with one attached hydrogen (secondary N) is 2. The molecule has 0 unspecified atom stereocenters. The zero-order valence-corrected chi connectivity index (χ0v) is 15.4. The van der Waals surface area contributed by atoms with E-state index in [9.17, 15) is 8.42 Å². The molecule has 0 radical (unpaired) electrons. The number of rotatable bonds is 8. The van der Waals surface area contributed by atoms with E-state index in [4.69, 9.17) is 0 Å². The zero-order valence-electron chi connectivity index (χ0n) is 12.3. The largest absolute Gasteiger partial charge is 0.357 e. The first-order valence-corrected chi connectivity index (χ1v) is 8.05. The summed E-state index contributed by atoms with van der Waals surface area (Å²) in [5.74, 6) is 0.924. The van der Waals surface area contributed by atoms with Crippen LogP contribution in [0.3, 0.4) is 0 Å². The van der Waals surface area contributed by atoms with Crippen molar-refractivity contribution in [3.63, 3.8) is 0 Å². The van der Waals surface area contributed by atoms with Crippen LogP contribution in [0, 0.1) is 0 Å². The summed E-state index contributed by atoms with van der Waals surface area (Å²) in [5.41, 5.74) is 0. The normalized spacial score (nSPS) is 10.8. The summed E-state index contributed by atoms with van der Waals surface area (Å²) < 4.78 is 24.4. The molecule has 2 N–H and O–H groups in total. The van der Waals surface area contributed by atoms with Crippen LogP contribution in [0.1, 0.15) is 27.2 Å². The second-order valence-corrected chi connectivity index (χ2v) is 6.23. The average Bonchev–Trinajstić information content (AvgIpc) is 2.34. The van der Waals surface area contributed by atoms with Crippen LogP contribution in [0.15, 0.2) is 4.99 Å². The Hall–Kier alpha value is -0.0900. The molecule has 19 heavy (non-hydrogen) atoms. The van der Waals surface area contributed by atoms with Crippen molar-refractivity contribution in [2.24, 2.45) is 4.99 Å². The van der Waals surface area contributed by atoms with Gasteiger partial charge in [-0.2, -0.15) is 0 Å². The van der Waals surface area contributed by atoms with Gasteiger partial charge in [0.15, 0.2) is 5.96 Å². The molecule has 0 spiro atoms. The highest BCUT2D eigenvalue weighted by Crippen LogP contribution is 1.98. The summed E-state index contributed by atoms with van der Waals surface area (Å²) in [4.78, 5) is 4.36. The minimum absolute atomic E-state index is 0. The van der Waals surface area contributed by atoms with E-state index in [2.05, 4.69) is 15.6 Å². The molecule has 0 atom stereocenters. The van der Waals surface area contributed by atoms with E-state index < -0.39 is 10.0 Å². The molecule has 0 aromatic rings. The van der Waals surface area contributed by atoms with Gasteiger partial charge in [-0.1, -0.05) is 0 Å². The van der Waals surface area contributed by atoms with Gasteiger partial charge in [0, 0.05) is 33.2 Å². The number of aliphatic imine (C=N–C) groups is 1. The second kappa shape index (κ2) is 11.7. The lowest BCUT2D eigenvalue weighted by Crippen LogP contribution is -2.37. The summed E-state index contributed by atoms with van der Waals surface area (Å²) in [6, 6.07) is 0. The second-order valence-electron chi connectivity index (χ2n) is 3.87. The summed E-state index contributed by atoms with van der Waals surface area (Å²) in [6.45, 7) is 8.41. The third-order valence-corrected chi connectivity index (χ3v) is 4.29. The number of guanidine groups is 1. The molecule has 0 aliphatic carbocycles. The Morgan fingerprint density at radius 2 is 1.68 bits per heavy atom. The van der Waals surface area contributed by atoms with Crippen molar-refractivity contribution in [2.45, 2.75) is 27.2 Å². The molecule has 0 fully saturated rings. The maximum absolute atomic E-state index is 11.5. The lowest BCUT2D eigenvalue weighted by Gasteiger charge is -2.15. The minimum atomic E-state index is -3.07.